The van der Waals surface area contributed by atoms with E-state index in [4.69, 9.17) is 0 Å². The van der Waals surface area contributed by atoms with Crippen molar-refractivity contribution in [2.75, 3.05) is 6.54 Å². The molecule has 0 fully saturated rings. The lowest BCUT2D eigenvalue weighted by atomic mass is 10.1. The van der Waals surface area contributed by atoms with Gasteiger partial charge in [-0.2, -0.15) is 0 Å². The van der Waals surface area contributed by atoms with Gasteiger partial charge in [0.2, 0.25) is 5.91 Å². The molecule has 1 N–H and O–H groups in total. The maximum absolute atomic E-state index is 10.9. The van der Waals surface area contributed by atoms with Crippen LogP contribution in [-0.4, -0.2) is 18.2 Å². The molecule has 0 aliphatic heterocycles. The Morgan fingerprint density at radius 3 is 2.30 bits per heavy atom. The predicted octanol–water partition coefficient (Wildman–Crippen LogP) is 0.348. The van der Waals surface area contributed by atoms with Crippen LogP contribution >= 0.6 is 0 Å². The average Bonchev–Trinajstić information content (AvgIpc) is 1.87. The van der Waals surface area contributed by atoms with Crippen LogP contribution in [0.2, 0.25) is 0 Å². The van der Waals surface area contributed by atoms with Crippen molar-refractivity contribution in [2.45, 2.75) is 20.8 Å². The Balaban J connectivity index is 3.82. The second-order valence-electron chi connectivity index (χ2n) is 2.23. The number of ketones is 1. The molecule has 0 radical (unpaired) electrons. The fourth-order valence-electron chi connectivity index (χ4n) is 0.512. The van der Waals surface area contributed by atoms with E-state index in [1.54, 1.807) is 6.92 Å². The third kappa shape index (κ3) is 2.62. The highest BCUT2D eigenvalue weighted by atomic mass is 16.2. The first-order valence-electron chi connectivity index (χ1n) is 3.37. The van der Waals surface area contributed by atoms with E-state index >= 15 is 0 Å². The van der Waals surface area contributed by atoms with Crippen LogP contribution in [-0.2, 0) is 9.59 Å². The molecule has 3 heteroatoms. The summed E-state index contributed by atoms with van der Waals surface area (Å²) in [5.41, 5.74) is 0. The van der Waals surface area contributed by atoms with E-state index in [0.29, 0.717) is 6.54 Å². The van der Waals surface area contributed by atoms with Gasteiger partial charge >= 0.3 is 0 Å². The molecular formula is C7H13NO2. The monoisotopic (exact) mass is 143 g/mol. The minimum atomic E-state index is -0.500. The van der Waals surface area contributed by atoms with Crippen LogP contribution < -0.4 is 5.32 Å². The van der Waals surface area contributed by atoms with Gasteiger partial charge in [0.15, 0.2) is 0 Å². The normalized spacial score (nSPS) is 12.3. The van der Waals surface area contributed by atoms with Gasteiger partial charge in [-0.05, 0) is 20.8 Å². The molecule has 58 valence electrons. The second-order valence-corrected chi connectivity index (χ2v) is 2.23. The fraction of sp³-hybridized carbons (Fsp3) is 0.714. The molecule has 3 nitrogen and oxygen atoms in total. The number of hydrogen-bond acceptors (Lipinski definition) is 2. The van der Waals surface area contributed by atoms with Crippen molar-refractivity contribution in [3.05, 3.63) is 0 Å². The summed E-state index contributed by atoms with van der Waals surface area (Å²) >= 11 is 0. The van der Waals surface area contributed by atoms with E-state index < -0.39 is 5.92 Å². The summed E-state index contributed by atoms with van der Waals surface area (Å²) in [7, 11) is 0. The minimum absolute atomic E-state index is 0.0917. The van der Waals surface area contributed by atoms with Crippen LogP contribution in [0.3, 0.4) is 0 Å². The molecule has 1 amide bonds. The summed E-state index contributed by atoms with van der Waals surface area (Å²) in [5, 5.41) is 2.57. The zero-order valence-corrected chi connectivity index (χ0v) is 6.60. The summed E-state index contributed by atoms with van der Waals surface area (Å²) in [6.07, 6.45) is 0. The standard InChI is InChI=1S/C7H13NO2/c1-4-8-7(10)5(2)6(3)9/h5H,4H2,1-3H3,(H,8,10)/t5-/m0/s1. The van der Waals surface area contributed by atoms with Gasteiger partial charge in [0.05, 0.1) is 5.92 Å². The van der Waals surface area contributed by atoms with E-state index in [1.807, 2.05) is 6.92 Å². The number of hydrogen-bond donors (Lipinski definition) is 1. The lowest BCUT2D eigenvalue weighted by molar-refractivity contribution is -0.132. The maximum Gasteiger partial charge on any atom is 0.230 e. The molecule has 0 aliphatic carbocycles. The fourth-order valence-corrected chi connectivity index (χ4v) is 0.512. The molecule has 0 aromatic heterocycles. The van der Waals surface area contributed by atoms with Crippen LogP contribution in [0.1, 0.15) is 20.8 Å². The largest absolute Gasteiger partial charge is 0.356 e. The number of Topliss-reactive ketones (excluding diaryl/α,β-unsaturated/α-hetero) is 1. The first-order chi connectivity index (χ1) is 4.59. The molecule has 1 atom stereocenters. The van der Waals surface area contributed by atoms with Gasteiger partial charge in [-0.1, -0.05) is 0 Å². The van der Waals surface area contributed by atoms with Gasteiger partial charge < -0.3 is 5.32 Å². The van der Waals surface area contributed by atoms with Crippen molar-refractivity contribution in [2.24, 2.45) is 5.92 Å². The summed E-state index contributed by atoms with van der Waals surface area (Å²) in [5.74, 6) is -0.777. The molecule has 0 heterocycles. The molecule has 0 aliphatic rings. The Bertz CT molecular complexity index is 143. The number of amides is 1. The van der Waals surface area contributed by atoms with E-state index in [1.165, 1.54) is 6.92 Å². The highest BCUT2D eigenvalue weighted by Crippen LogP contribution is 1.94. The number of carbonyl (C=O) groups is 2. The van der Waals surface area contributed by atoms with Crippen LogP contribution in [0.4, 0.5) is 0 Å². The Morgan fingerprint density at radius 1 is 1.50 bits per heavy atom. The minimum Gasteiger partial charge on any atom is -0.356 e. The molecule has 0 unspecified atom stereocenters. The number of nitrogens with one attached hydrogen (secondary N) is 1. The number of rotatable bonds is 3. The van der Waals surface area contributed by atoms with Gasteiger partial charge in [0, 0.05) is 6.54 Å². The maximum atomic E-state index is 10.9. The Hall–Kier alpha value is -0.860. The van der Waals surface area contributed by atoms with Crippen molar-refractivity contribution >= 4 is 11.7 Å². The lowest BCUT2D eigenvalue weighted by Crippen LogP contribution is -2.32. The Labute approximate surface area is 60.8 Å². The first-order valence-corrected chi connectivity index (χ1v) is 3.37. The van der Waals surface area contributed by atoms with E-state index in [0.717, 1.165) is 0 Å². The third-order valence-corrected chi connectivity index (χ3v) is 1.35. The summed E-state index contributed by atoms with van der Waals surface area (Å²) < 4.78 is 0. The Morgan fingerprint density at radius 2 is 2.00 bits per heavy atom. The van der Waals surface area contributed by atoms with Crippen LogP contribution in [0.15, 0.2) is 0 Å². The highest BCUT2D eigenvalue weighted by molar-refractivity contribution is 5.99. The summed E-state index contributed by atoms with van der Waals surface area (Å²) in [6, 6.07) is 0. The molecule has 0 aromatic rings. The SMILES string of the molecule is CCNC(=O)[C@@H](C)C(C)=O. The van der Waals surface area contributed by atoms with Gasteiger partial charge in [-0.25, -0.2) is 0 Å². The van der Waals surface area contributed by atoms with Crippen molar-refractivity contribution in [3.8, 4) is 0 Å². The van der Waals surface area contributed by atoms with Gasteiger partial charge in [0.1, 0.15) is 5.78 Å². The smallest absolute Gasteiger partial charge is 0.230 e. The second kappa shape index (κ2) is 4.04. The molecule has 10 heavy (non-hydrogen) atoms. The topological polar surface area (TPSA) is 46.2 Å². The Kier molecular flexibility index (Phi) is 3.69. The molecular weight excluding hydrogens is 130 g/mol. The average molecular weight is 143 g/mol. The van der Waals surface area contributed by atoms with Crippen molar-refractivity contribution < 1.29 is 9.59 Å². The van der Waals surface area contributed by atoms with Crippen molar-refractivity contribution in [1.82, 2.24) is 5.32 Å². The lowest BCUT2D eigenvalue weighted by Gasteiger charge is -2.05. The van der Waals surface area contributed by atoms with Gasteiger partial charge in [-0.15, -0.1) is 0 Å². The van der Waals surface area contributed by atoms with E-state index in [-0.39, 0.29) is 11.7 Å². The zero-order valence-electron chi connectivity index (χ0n) is 6.60. The third-order valence-electron chi connectivity index (χ3n) is 1.35. The van der Waals surface area contributed by atoms with E-state index in [2.05, 4.69) is 5.32 Å². The summed E-state index contributed by atoms with van der Waals surface area (Å²) in [6.45, 7) is 5.43. The number of carbonyl (C=O) groups excluding carboxylic acids is 2. The van der Waals surface area contributed by atoms with E-state index in [9.17, 15) is 9.59 Å². The van der Waals surface area contributed by atoms with Gasteiger partial charge in [0.25, 0.3) is 0 Å². The first kappa shape index (κ1) is 9.14. The molecule has 0 saturated carbocycles. The molecule has 0 rings (SSSR count). The molecule has 0 spiro atoms. The highest BCUT2D eigenvalue weighted by Gasteiger charge is 2.15. The van der Waals surface area contributed by atoms with Crippen molar-refractivity contribution in [1.29, 1.82) is 0 Å². The van der Waals surface area contributed by atoms with Crippen molar-refractivity contribution in [3.63, 3.8) is 0 Å². The quantitative estimate of drug-likeness (QED) is 0.579. The molecule has 0 aromatic carbocycles. The zero-order chi connectivity index (χ0) is 8.15. The summed E-state index contributed by atoms with van der Waals surface area (Å²) in [4.78, 5) is 21.5. The van der Waals surface area contributed by atoms with Gasteiger partial charge in [-0.3, -0.25) is 9.59 Å². The van der Waals surface area contributed by atoms with Crippen LogP contribution in [0, 0.1) is 5.92 Å². The molecule has 0 bridgehead atoms. The van der Waals surface area contributed by atoms with Crippen LogP contribution in [0.5, 0.6) is 0 Å². The predicted molar refractivity (Wildman–Crippen MR) is 38.5 cm³/mol. The van der Waals surface area contributed by atoms with Crippen LogP contribution in [0.25, 0.3) is 0 Å². The molecule has 0 saturated heterocycles.